The Hall–Kier alpha value is -4.45. The molecule has 0 radical (unpaired) electrons. The van der Waals surface area contributed by atoms with Crippen molar-refractivity contribution >= 4 is 33.4 Å². The van der Waals surface area contributed by atoms with Gasteiger partial charge in [0, 0.05) is 12.4 Å². The monoisotopic (exact) mass is 476 g/mol. The molecule has 5 rings (SSSR count). The number of para-hydroxylation sites is 2. The predicted octanol–water partition coefficient (Wildman–Crippen LogP) is 6.33. The minimum atomic E-state index is -0.484. The molecule has 1 N–H and O–H groups in total. The zero-order chi connectivity index (χ0) is 25.2. The van der Waals surface area contributed by atoms with Gasteiger partial charge in [-0.15, -0.1) is 0 Å². The van der Waals surface area contributed by atoms with Gasteiger partial charge in [-0.2, -0.15) is 0 Å². The molecule has 6 heteroatoms. The molecule has 1 aromatic heterocycles. The minimum Gasteiger partial charge on any atom is -0.318 e. The van der Waals surface area contributed by atoms with Gasteiger partial charge in [0.05, 0.1) is 28.3 Å². The van der Waals surface area contributed by atoms with Gasteiger partial charge in [0.15, 0.2) is 0 Å². The summed E-state index contributed by atoms with van der Waals surface area (Å²) in [6, 6.07) is 28.2. The molecule has 180 valence electrons. The maximum absolute atomic E-state index is 13.8. The van der Waals surface area contributed by atoms with Crippen molar-refractivity contribution in [3.05, 3.63) is 113 Å². The van der Waals surface area contributed by atoms with E-state index in [9.17, 15) is 9.59 Å². The summed E-state index contributed by atoms with van der Waals surface area (Å²) < 4.78 is 1.66. The molecule has 1 unspecified atom stereocenters. The van der Waals surface area contributed by atoms with Crippen molar-refractivity contribution < 1.29 is 4.79 Å². The smallest absolute Gasteiger partial charge is 0.318 e. The summed E-state index contributed by atoms with van der Waals surface area (Å²) in [6.07, 6.45) is 0.765. The van der Waals surface area contributed by atoms with E-state index < -0.39 is 6.04 Å². The molecule has 36 heavy (non-hydrogen) atoms. The number of hydrogen-bond donors (Lipinski definition) is 1. The van der Waals surface area contributed by atoms with E-state index in [0.29, 0.717) is 16.7 Å². The highest BCUT2D eigenvalue weighted by molar-refractivity contribution is 6.01. The molecule has 0 saturated carbocycles. The molecule has 5 aromatic rings. The van der Waals surface area contributed by atoms with Gasteiger partial charge in [0.2, 0.25) is 0 Å². The highest BCUT2D eigenvalue weighted by Crippen LogP contribution is 2.26. The van der Waals surface area contributed by atoms with Gasteiger partial charge in [0.25, 0.3) is 5.56 Å². The Morgan fingerprint density at radius 2 is 1.58 bits per heavy atom. The molecule has 6 nitrogen and oxygen atoms in total. The van der Waals surface area contributed by atoms with Gasteiger partial charge in [-0.1, -0.05) is 73.7 Å². The third kappa shape index (κ3) is 4.11. The summed E-state index contributed by atoms with van der Waals surface area (Å²) in [5.74, 6) is 0.509. The van der Waals surface area contributed by atoms with Crippen LogP contribution in [0.25, 0.3) is 27.4 Å². The van der Waals surface area contributed by atoms with E-state index in [1.54, 1.807) is 22.6 Å². The number of nitrogens with one attached hydrogen (secondary N) is 1. The second kappa shape index (κ2) is 9.66. The second-order valence-electron chi connectivity index (χ2n) is 8.85. The quantitative estimate of drug-likeness (QED) is 0.322. The summed E-state index contributed by atoms with van der Waals surface area (Å²) in [5, 5.41) is 5.60. The molecular weight excluding hydrogens is 448 g/mol. The Labute approximate surface area is 209 Å². The Balaban J connectivity index is 1.59. The van der Waals surface area contributed by atoms with Crippen LogP contribution in [0.4, 0.5) is 10.5 Å². The number of urea groups is 1. The van der Waals surface area contributed by atoms with E-state index in [4.69, 9.17) is 4.98 Å². The maximum atomic E-state index is 13.8. The standard InChI is InChI=1S/C30H28N4O2/c1-4-21-12-6-10-19-27(21)34-28(31-26-17-9-8-16-24(26)29(34)35)20(2)33(3)30(36)32-25-18-11-14-22-13-5-7-15-23(22)25/h5-20H,4H2,1-3H3,(H,32,36). The second-order valence-corrected chi connectivity index (χ2v) is 8.85. The zero-order valence-electron chi connectivity index (χ0n) is 20.6. The van der Waals surface area contributed by atoms with Crippen molar-refractivity contribution in [3.63, 3.8) is 0 Å². The molecule has 4 aromatic carbocycles. The Bertz CT molecular complexity index is 1630. The van der Waals surface area contributed by atoms with E-state index in [-0.39, 0.29) is 11.6 Å². The van der Waals surface area contributed by atoms with Crippen molar-refractivity contribution in [1.82, 2.24) is 14.5 Å². The lowest BCUT2D eigenvalue weighted by Crippen LogP contribution is -2.37. The average Bonchev–Trinajstić information content (AvgIpc) is 2.92. The number of carbonyl (C=O) groups is 1. The number of benzene rings is 4. The van der Waals surface area contributed by atoms with Gasteiger partial charge in [0.1, 0.15) is 5.82 Å². The number of fused-ring (bicyclic) bond motifs is 2. The number of amides is 2. The Morgan fingerprint density at radius 1 is 0.917 bits per heavy atom. The van der Waals surface area contributed by atoms with Crippen LogP contribution in [0, 0.1) is 0 Å². The first kappa shape index (κ1) is 23.3. The van der Waals surface area contributed by atoms with Gasteiger partial charge < -0.3 is 10.2 Å². The number of nitrogens with zero attached hydrogens (tertiary/aromatic N) is 3. The summed E-state index contributed by atoms with van der Waals surface area (Å²) in [4.78, 5) is 33.6. The third-order valence-electron chi connectivity index (χ3n) is 6.72. The van der Waals surface area contributed by atoms with Crippen LogP contribution < -0.4 is 10.9 Å². The maximum Gasteiger partial charge on any atom is 0.322 e. The van der Waals surface area contributed by atoms with E-state index >= 15 is 0 Å². The summed E-state index contributed by atoms with van der Waals surface area (Å²) in [5.41, 5.74) is 3.02. The van der Waals surface area contributed by atoms with Gasteiger partial charge >= 0.3 is 6.03 Å². The summed E-state index contributed by atoms with van der Waals surface area (Å²) >= 11 is 0. The highest BCUT2D eigenvalue weighted by atomic mass is 16.2. The number of rotatable bonds is 5. The van der Waals surface area contributed by atoms with Crippen molar-refractivity contribution in [2.45, 2.75) is 26.3 Å². The molecule has 1 atom stereocenters. The van der Waals surface area contributed by atoms with Crippen LogP contribution in [-0.4, -0.2) is 27.5 Å². The highest BCUT2D eigenvalue weighted by Gasteiger charge is 2.25. The molecule has 2 amide bonds. The lowest BCUT2D eigenvalue weighted by Gasteiger charge is -2.28. The molecule has 0 aliphatic heterocycles. The van der Waals surface area contributed by atoms with Crippen molar-refractivity contribution in [2.75, 3.05) is 12.4 Å². The first-order valence-corrected chi connectivity index (χ1v) is 12.1. The molecule has 0 bridgehead atoms. The topological polar surface area (TPSA) is 67.2 Å². The first-order valence-electron chi connectivity index (χ1n) is 12.1. The van der Waals surface area contributed by atoms with Crippen LogP contribution in [0.15, 0.2) is 95.8 Å². The SMILES string of the molecule is CCc1ccccc1-n1c(C(C)N(C)C(=O)Nc2cccc3ccccc23)nc2ccccc2c1=O. The lowest BCUT2D eigenvalue weighted by atomic mass is 10.1. The van der Waals surface area contributed by atoms with Crippen molar-refractivity contribution in [3.8, 4) is 5.69 Å². The molecule has 0 fully saturated rings. The number of anilines is 1. The van der Waals surface area contributed by atoms with E-state index in [0.717, 1.165) is 34.1 Å². The fourth-order valence-corrected chi connectivity index (χ4v) is 4.58. The fourth-order valence-electron chi connectivity index (χ4n) is 4.58. The largest absolute Gasteiger partial charge is 0.322 e. The van der Waals surface area contributed by atoms with Crippen LogP contribution in [0.5, 0.6) is 0 Å². The summed E-state index contributed by atoms with van der Waals surface area (Å²) in [7, 11) is 1.72. The molecule has 0 aliphatic carbocycles. The van der Waals surface area contributed by atoms with Crippen LogP contribution in [0.1, 0.15) is 31.3 Å². The van der Waals surface area contributed by atoms with Crippen molar-refractivity contribution in [1.29, 1.82) is 0 Å². The lowest BCUT2D eigenvalue weighted by molar-refractivity contribution is 0.205. The molecule has 0 aliphatic rings. The van der Waals surface area contributed by atoms with Gasteiger partial charge in [-0.25, -0.2) is 9.78 Å². The predicted molar refractivity (Wildman–Crippen MR) is 146 cm³/mol. The number of aryl methyl sites for hydroxylation is 1. The number of carbonyl (C=O) groups excluding carboxylic acids is 1. The van der Waals surface area contributed by atoms with Crippen LogP contribution in [-0.2, 0) is 6.42 Å². The molecule has 1 heterocycles. The fraction of sp³-hybridized carbons (Fsp3) is 0.167. The van der Waals surface area contributed by atoms with Gasteiger partial charge in [-0.05, 0) is 48.6 Å². The average molecular weight is 477 g/mol. The zero-order valence-corrected chi connectivity index (χ0v) is 20.6. The Morgan fingerprint density at radius 3 is 2.39 bits per heavy atom. The normalized spacial score (nSPS) is 12.0. The molecular formula is C30H28N4O2. The van der Waals surface area contributed by atoms with Gasteiger partial charge in [-0.3, -0.25) is 9.36 Å². The van der Waals surface area contributed by atoms with Crippen LogP contribution in [0.2, 0.25) is 0 Å². The third-order valence-corrected chi connectivity index (χ3v) is 6.72. The van der Waals surface area contributed by atoms with Crippen molar-refractivity contribution in [2.24, 2.45) is 0 Å². The van der Waals surface area contributed by atoms with E-state index in [1.165, 1.54) is 0 Å². The molecule has 0 saturated heterocycles. The minimum absolute atomic E-state index is 0.147. The number of aromatic nitrogens is 2. The van der Waals surface area contributed by atoms with E-state index in [1.807, 2.05) is 91.9 Å². The Kier molecular flexibility index (Phi) is 6.25. The molecule has 0 spiro atoms. The number of hydrogen-bond acceptors (Lipinski definition) is 3. The first-order chi connectivity index (χ1) is 17.5. The van der Waals surface area contributed by atoms with E-state index in [2.05, 4.69) is 12.2 Å². The van der Waals surface area contributed by atoms with Crippen LogP contribution in [0.3, 0.4) is 0 Å². The summed E-state index contributed by atoms with van der Waals surface area (Å²) in [6.45, 7) is 3.95. The van der Waals surface area contributed by atoms with Crippen LogP contribution >= 0.6 is 0 Å².